The molecule has 1 unspecified atom stereocenters. The number of rotatable bonds is 5. The Morgan fingerprint density at radius 2 is 1.80 bits per heavy atom. The maximum Gasteiger partial charge on any atom is 0.225 e. The van der Waals surface area contributed by atoms with E-state index in [0.29, 0.717) is 19.5 Å². The van der Waals surface area contributed by atoms with Gasteiger partial charge in [-0.1, -0.05) is 43.6 Å². The maximum atomic E-state index is 13.0. The highest BCUT2D eigenvalue weighted by atomic mass is 16.5. The molecule has 2 spiro atoms. The van der Waals surface area contributed by atoms with Gasteiger partial charge in [0.2, 0.25) is 5.91 Å². The van der Waals surface area contributed by atoms with Crippen LogP contribution in [0.2, 0.25) is 0 Å². The van der Waals surface area contributed by atoms with Gasteiger partial charge in [-0.25, -0.2) is 0 Å². The molecule has 3 rings (SSSR count). The molecule has 1 saturated heterocycles. The molecule has 2 saturated carbocycles. The van der Waals surface area contributed by atoms with Crippen molar-refractivity contribution in [3.8, 4) is 0 Å². The Balaban J connectivity index is 1.73. The van der Waals surface area contributed by atoms with Crippen LogP contribution in [-0.4, -0.2) is 40.3 Å². The number of hydroxylamine groups is 2. The van der Waals surface area contributed by atoms with Crippen molar-refractivity contribution in [2.45, 2.75) is 88.1 Å². The third-order valence-electron chi connectivity index (χ3n) is 6.72. The lowest BCUT2D eigenvalue weighted by molar-refractivity contribution is -0.231. The standard InChI is InChI=1S/C18H31N5O2/c19-22-21-13-7-12-20-16(24)15-14-17(8-3-1-4-9-17)23(25)18(15)10-5-2-6-11-18/h15,25H,1-14H2,(H,20,24). The molecule has 0 bridgehead atoms. The second kappa shape index (κ2) is 7.94. The smallest absolute Gasteiger partial charge is 0.225 e. The molecule has 1 atom stereocenters. The van der Waals surface area contributed by atoms with Gasteiger partial charge >= 0.3 is 0 Å². The van der Waals surface area contributed by atoms with Gasteiger partial charge in [-0.2, -0.15) is 5.06 Å². The van der Waals surface area contributed by atoms with Crippen LogP contribution in [0.5, 0.6) is 0 Å². The van der Waals surface area contributed by atoms with E-state index in [4.69, 9.17) is 5.53 Å². The third kappa shape index (κ3) is 3.50. The lowest BCUT2D eigenvalue weighted by Crippen LogP contribution is -2.56. The first kappa shape index (κ1) is 18.5. The summed E-state index contributed by atoms with van der Waals surface area (Å²) < 4.78 is 0. The molecule has 1 amide bonds. The largest absolute Gasteiger partial charge is 0.356 e. The lowest BCUT2D eigenvalue weighted by atomic mass is 9.72. The fourth-order valence-corrected chi connectivity index (χ4v) is 5.49. The lowest BCUT2D eigenvalue weighted by Gasteiger charge is -2.47. The molecule has 3 fully saturated rings. The molecule has 7 heteroatoms. The Morgan fingerprint density at radius 1 is 1.16 bits per heavy atom. The number of amides is 1. The average Bonchev–Trinajstić information content (AvgIpc) is 2.86. The SMILES string of the molecule is [N-]=[N+]=NCCCNC(=O)C1CC2(CCCCC2)N(O)C12CCCCC2. The normalized spacial score (nSPS) is 28.0. The zero-order valence-electron chi connectivity index (χ0n) is 15.1. The van der Waals surface area contributed by atoms with Gasteiger partial charge in [0, 0.05) is 23.5 Å². The zero-order valence-corrected chi connectivity index (χ0v) is 15.1. The van der Waals surface area contributed by atoms with E-state index in [9.17, 15) is 10.0 Å². The van der Waals surface area contributed by atoms with Crippen molar-refractivity contribution in [1.82, 2.24) is 10.4 Å². The molecule has 2 aliphatic carbocycles. The molecule has 0 aromatic rings. The first-order valence-corrected chi connectivity index (χ1v) is 9.92. The number of azide groups is 1. The van der Waals surface area contributed by atoms with Crippen LogP contribution in [0.25, 0.3) is 10.4 Å². The Hall–Kier alpha value is -1.30. The van der Waals surface area contributed by atoms with Crippen LogP contribution in [0.3, 0.4) is 0 Å². The van der Waals surface area contributed by atoms with Gasteiger partial charge in [0.25, 0.3) is 0 Å². The molecule has 3 aliphatic rings. The molecule has 0 aromatic carbocycles. The quantitative estimate of drug-likeness (QED) is 0.340. The van der Waals surface area contributed by atoms with Crippen LogP contribution in [-0.2, 0) is 4.79 Å². The summed E-state index contributed by atoms with van der Waals surface area (Å²) in [6.07, 6.45) is 12.2. The van der Waals surface area contributed by atoms with E-state index in [-0.39, 0.29) is 22.9 Å². The van der Waals surface area contributed by atoms with Crippen LogP contribution < -0.4 is 5.32 Å². The summed E-state index contributed by atoms with van der Waals surface area (Å²) in [5.74, 6) is -0.0558. The number of hydrogen-bond acceptors (Lipinski definition) is 4. The second-order valence-electron chi connectivity index (χ2n) is 8.12. The van der Waals surface area contributed by atoms with E-state index in [0.717, 1.165) is 57.8 Å². The Bertz CT molecular complexity index is 520. The van der Waals surface area contributed by atoms with Gasteiger partial charge < -0.3 is 10.5 Å². The first-order chi connectivity index (χ1) is 12.1. The summed E-state index contributed by atoms with van der Waals surface area (Å²) in [6, 6.07) is 0. The van der Waals surface area contributed by atoms with Crippen LogP contribution in [0, 0.1) is 5.92 Å². The van der Waals surface area contributed by atoms with Gasteiger partial charge in [0.15, 0.2) is 0 Å². The van der Waals surface area contributed by atoms with Crippen molar-refractivity contribution in [3.63, 3.8) is 0 Å². The monoisotopic (exact) mass is 349 g/mol. The summed E-state index contributed by atoms with van der Waals surface area (Å²) in [5.41, 5.74) is 7.76. The van der Waals surface area contributed by atoms with E-state index < -0.39 is 0 Å². The molecule has 1 heterocycles. The van der Waals surface area contributed by atoms with Gasteiger partial charge in [-0.15, -0.1) is 0 Å². The highest BCUT2D eigenvalue weighted by Crippen LogP contribution is 2.55. The van der Waals surface area contributed by atoms with Crippen molar-refractivity contribution in [3.05, 3.63) is 10.4 Å². The Kier molecular flexibility index (Phi) is 5.87. The van der Waals surface area contributed by atoms with Crippen LogP contribution >= 0.6 is 0 Å². The minimum atomic E-state index is -0.371. The zero-order chi connectivity index (χ0) is 17.8. The highest BCUT2D eigenvalue weighted by Gasteiger charge is 2.62. The third-order valence-corrected chi connectivity index (χ3v) is 6.72. The predicted molar refractivity (Wildman–Crippen MR) is 95.0 cm³/mol. The van der Waals surface area contributed by atoms with Crippen molar-refractivity contribution in [2.75, 3.05) is 13.1 Å². The van der Waals surface area contributed by atoms with Gasteiger partial charge in [-0.3, -0.25) is 4.79 Å². The summed E-state index contributed by atoms with van der Waals surface area (Å²) in [4.78, 5) is 15.7. The number of carbonyl (C=O) groups excluding carboxylic acids is 1. The fraction of sp³-hybridized carbons (Fsp3) is 0.944. The summed E-state index contributed by atoms with van der Waals surface area (Å²) in [5, 5.41) is 19.5. The predicted octanol–water partition coefficient (Wildman–Crippen LogP) is 3.92. The van der Waals surface area contributed by atoms with E-state index in [1.807, 2.05) is 0 Å². The van der Waals surface area contributed by atoms with Crippen LogP contribution in [0.15, 0.2) is 5.11 Å². The maximum absolute atomic E-state index is 13.0. The molecule has 25 heavy (non-hydrogen) atoms. The summed E-state index contributed by atoms with van der Waals surface area (Å²) in [7, 11) is 0. The topological polar surface area (TPSA) is 101 Å². The van der Waals surface area contributed by atoms with E-state index in [1.165, 1.54) is 12.8 Å². The van der Waals surface area contributed by atoms with Gasteiger partial charge in [0.1, 0.15) is 0 Å². The van der Waals surface area contributed by atoms with Gasteiger partial charge in [-0.05, 0) is 44.1 Å². The van der Waals surface area contributed by atoms with E-state index >= 15 is 0 Å². The molecular weight excluding hydrogens is 318 g/mol. The molecule has 0 aromatic heterocycles. The minimum absolute atomic E-state index is 0.0735. The van der Waals surface area contributed by atoms with E-state index in [2.05, 4.69) is 15.3 Å². The Morgan fingerprint density at radius 3 is 2.44 bits per heavy atom. The molecule has 7 nitrogen and oxygen atoms in total. The van der Waals surface area contributed by atoms with Crippen molar-refractivity contribution >= 4 is 5.91 Å². The second-order valence-corrected chi connectivity index (χ2v) is 8.12. The number of carbonyl (C=O) groups is 1. The van der Waals surface area contributed by atoms with Crippen molar-refractivity contribution < 1.29 is 10.0 Å². The minimum Gasteiger partial charge on any atom is -0.356 e. The number of nitrogens with zero attached hydrogens (tertiary/aromatic N) is 4. The van der Waals surface area contributed by atoms with E-state index in [1.54, 1.807) is 5.06 Å². The number of nitrogens with one attached hydrogen (secondary N) is 1. The van der Waals surface area contributed by atoms with Crippen molar-refractivity contribution in [2.24, 2.45) is 11.0 Å². The average molecular weight is 349 g/mol. The first-order valence-electron chi connectivity index (χ1n) is 9.92. The fourth-order valence-electron chi connectivity index (χ4n) is 5.49. The molecule has 0 radical (unpaired) electrons. The van der Waals surface area contributed by atoms with Crippen molar-refractivity contribution in [1.29, 1.82) is 0 Å². The summed E-state index contributed by atoms with van der Waals surface area (Å²) in [6.45, 7) is 0.936. The number of hydrogen-bond donors (Lipinski definition) is 2. The van der Waals surface area contributed by atoms with Crippen LogP contribution in [0.1, 0.15) is 77.0 Å². The van der Waals surface area contributed by atoms with Gasteiger partial charge in [0.05, 0.1) is 11.5 Å². The Labute approximate surface area is 149 Å². The molecule has 1 aliphatic heterocycles. The molecule has 2 N–H and O–H groups in total. The molecular formula is C18H31N5O2. The molecule has 140 valence electrons. The highest BCUT2D eigenvalue weighted by molar-refractivity contribution is 5.80. The summed E-state index contributed by atoms with van der Waals surface area (Å²) >= 11 is 0. The van der Waals surface area contributed by atoms with Crippen LogP contribution in [0.4, 0.5) is 0 Å².